The lowest BCUT2D eigenvalue weighted by Gasteiger charge is -2.22. The first-order valence-corrected chi connectivity index (χ1v) is 7.72. The minimum atomic E-state index is 0.157. The molecular formula is C15H25BrN2O. The molecule has 0 aliphatic carbocycles. The standard InChI is InChI=1S/C15H25BrN2O/c1-4-11(5-2)10-18-15(9-17)13-8-12(19-3)6-7-14(13)16/h6-8,11,15,18H,4-5,9-10,17H2,1-3H3. The van der Waals surface area contributed by atoms with Crippen molar-refractivity contribution in [3.63, 3.8) is 0 Å². The number of rotatable bonds is 8. The molecule has 108 valence electrons. The van der Waals surface area contributed by atoms with Crippen LogP contribution in [0.3, 0.4) is 0 Å². The highest BCUT2D eigenvalue weighted by atomic mass is 79.9. The average molecular weight is 329 g/mol. The van der Waals surface area contributed by atoms with Gasteiger partial charge in [-0.15, -0.1) is 0 Å². The monoisotopic (exact) mass is 328 g/mol. The number of nitrogens with two attached hydrogens (primary N) is 1. The zero-order valence-corrected chi connectivity index (χ0v) is 13.7. The second-order valence-electron chi connectivity index (χ2n) is 4.77. The SMILES string of the molecule is CCC(CC)CNC(CN)c1cc(OC)ccc1Br. The zero-order valence-electron chi connectivity index (χ0n) is 12.1. The van der Waals surface area contributed by atoms with Crippen molar-refractivity contribution in [3.05, 3.63) is 28.2 Å². The maximum Gasteiger partial charge on any atom is 0.119 e. The molecule has 0 radical (unpaired) electrons. The number of ether oxygens (including phenoxy) is 1. The summed E-state index contributed by atoms with van der Waals surface area (Å²) in [7, 11) is 1.68. The van der Waals surface area contributed by atoms with Gasteiger partial charge in [0.1, 0.15) is 5.75 Å². The maximum atomic E-state index is 5.91. The second-order valence-corrected chi connectivity index (χ2v) is 5.62. The van der Waals surface area contributed by atoms with Crippen molar-refractivity contribution >= 4 is 15.9 Å². The van der Waals surface area contributed by atoms with Crippen molar-refractivity contribution in [1.29, 1.82) is 0 Å². The van der Waals surface area contributed by atoms with Gasteiger partial charge in [0.05, 0.1) is 7.11 Å². The minimum absolute atomic E-state index is 0.157. The molecule has 0 saturated heterocycles. The molecule has 19 heavy (non-hydrogen) atoms. The molecule has 0 aliphatic heterocycles. The molecule has 1 aromatic rings. The van der Waals surface area contributed by atoms with Gasteiger partial charge >= 0.3 is 0 Å². The Hall–Kier alpha value is -0.580. The molecule has 0 bridgehead atoms. The summed E-state index contributed by atoms with van der Waals surface area (Å²) in [6.45, 7) is 6.04. The second kappa shape index (κ2) is 8.56. The first kappa shape index (κ1) is 16.5. The molecule has 1 unspecified atom stereocenters. The Kier molecular flexibility index (Phi) is 7.42. The Morgan fingerprint density at radius 3 is 2.53 bits per heavy atom. The fourth-order valence-corrected chi connectivity index (χ4v) is 2.65. The van der Waals surface area contributed by atoms with Gasteiger partial charge in [-0.25, -0.2) is 0 Å². The Morgan fingerprint density at radius 2 is 2.00 bits per heavy atom. The zero-order chi connectivity index (χ0) is 14.3. The van der Waals surface area contributed by atoms with E-state index in [4.69, 9.17) is 10.5 Å². The van der Waals surface area contributed by atoms with Crippen LogP contribution in [-0.2, 0) is 0 Å². The van der Waals surface area contributed by atoms with Gasteiger partial charge in [0, 0.05) is 17.1 Å². The van der Waals surface area contributed by atoms with E-state index in [1.165, 1.54) is 12.8 Å². The molecule has 0 aliphatic rings. The first-order chi connectivity index (χ1) is 9.15. The van der Waals surface area contributed by atoms with Crippen LogP contribution < -0.4 is 15.8 Å². The van der Waals surface area contributed by atoms with Gasteiger partial charge in [-0.3, -0.25) is 0 Å². The lowest BCUT2D eigenvalue weighted by atomic mass is 10.0. The first-order valence-electron chi connectivity index (χ1n) is 6.93. The molecule has 1 aromatic carbocycles. The molecule has 3 nitrogen and oxygen atoms in total. The largest absolute Gasteiger partial charge is 0.497 e. The van der Waals surface area contributed by atoms with Gasteiger partial charge in [0.25, 0.3) is 0 Å². The van der Waals surface area contributed by atoms with Gasteiger partial charge in [0.15, 0.2) is 0 Å². The van der Waals surface area contributed by atoms with Crippen molar-refractivity contribution in [2.45, 2.75) is 32.7 Å². The molecule has 0 amide bonds. The van der Waals surface area contributed by atoms with Crippen LogP contribution in [0.1, 0.15) is 38.3 Å². The van der Waals surface area contributed by atoms with Gasteiger partial charge in [-0.2, -0.15) is 0 Å². The molecule has 0 aromatic heterocycles. The Morgan fingerprint density at radius 1 is 1.32 bits per heavy atom. The lowest BCUT2D eigenvalue weighted by molar-refractivity contribution is 0.404. The number of hydrogen-bond acceptors (Lipinski definition) is 3. The highest BCUT2D eigenvalue weighted by Crippen LogP contribution is 2.27. The predicted molar refractivity (Wildman–Crippen MR) is 84.6 cm³/mol. The van der Waals surface area contributed by atoms with E-state index in [1.54, 1.807) is 7.11 Å². The Balaban J connectivity index is 2.78. The summed E-state index contributed by atoms with van der Waals surface area (Å²) in [5, 5.41) is 3.57. The van der Waals surface area contributed by atoms with Crippen LogP contribution in [0.5, 0.6) is 5.75 Å². The summed E-state index contributed by atoms with van der Waals surface area (Å²) in [6.07, 6.45) is 2.39. The number of benzene rings is 1. The molecule has 4 heteroatoms. The normalized spacial score (nSPS) is 12.7. The van der Waals surface area contributed by atoms with Crippen LogP contribution in [0.4, 0.5) is 0 Å². The molecule has 0 spiro atoms. The van der Waals surface area contributed by atoms with E-state index in [0.29, 0.717) is 12.5 Å². The van der Waals surface area contributed by atoms with E-state index in [0.717, 1.165) is 22.3 Å². The van der Waals surface area contributed by atoms with Crippen LogP contribution >= 0.6 is 15.9 Å². The fourth-order valence-electron chi connectivity index (χ4n) is 2.12. The van der Waals surface area contributed by atoms with E-state index < -0.39 is 0 Å². The summed E-state index contributed by atoms with van der Waals surface area (Å²) in [4.78, 5) is 0. The van der Waals surface area contributed by atoms with Crippen molar-refractivity contribution in [3.8, 4) is 5.75 Å². The van der Waals surface area contributed by atoms with Gasteiger partial charge in [-0.1, -0.05) is 42.6 Å². The summed E-state index contributed by atoms with van der Waals surface area (Å²) < 4.78 is 6.35. The third-order valence-electron chi connectivity index (χ3n) is 3.62. The summed E-state index contributed by atoms with van der Waals surface area (Å²) in [6, 6.07) is 6.16. The van der Waals surface area contributed by atoms with Crippen LogP contribution in [0.25, 0.3) is 0 Å². The number of nitrogens with one attached hydrogen (secondary N) is 1. The summed E-state index contributed by atoms with van der Waals surface area (Å²) in [5.41, 5.74) is 7.07. The van der Waals surface area contributed by atoms with Crippen molar-refractivity contribution < 1.29 is 4.74 Å². The van der Waals surface area contributed by atoms with Gasteiger partial charge in [0.2, 0.25) is 0 Å². The van der Waals surface area contributed by atoms with E-state index >= 15 is 0 Å². The van der Waals surface area contributed by atoms with E-state index in [-0.39, 0.29) is 6.04 Å². The van der Waals surface area contributed by atoms with Gasteiger partial charge < -0.3 is 15.8 Å². The summed E-state index contributed by atoms with van der Waals surface area (Å²) in [5.74, 6) is 1.57. The molecule has 0 fully saturated rings. The third kappa shape index (κ3) is 4.79. The van der Waals surface area contributed by atoms with E-state index in [9.17, 15) is 0 Å². The van der Waals surface area contributed by atoms with Crippen LogP contribution in [0.2, 0.25) is 0 Å². The highest BCUT2D eigenvalue weighted by Gasteiger charge is 2.15. The topological polar surface area (TPSA) is 47.3 Å². The third-order valence-corrected chi connectivity index (χ3v) is 4.34. The Labute approximate surface area is 125 Å². The predicted octanol–water partition coefficient (Wildman–Crippen LogP) is 3.48. The maximum absolute atomic E-state index is 5.91. The van der Waals surface area contributed by atoms with Crippen molar-refractivity contribution in [1.82, 2.24) is 5.32 Å². The molecule has 1 rings (SSSR count). The minimum Gasteiger partial charge on any atom is -0.497 e. The van der Waals surface area contributed by atoms with E-state index in [2.05, 4.69) is 35.1 Å². The van der Waals surface area contributed by atoms with Crippen molar-refractivity contribution in [2.24, 2.45) is 11.7 Å². The number of halogens is 1. The Bertz CT molecular complexity index is 380. The average Bonchev–Trinajstić information content (AvgIpc) is 2.45. The van der Waals surface area contributed by atoms with Crippen LogP contribution in [0, 0.1) is 5.92 Å². The van der Waals surface area contributed by atoms with Crippen molar-refractivity contribution in [2.75, 3.05) is 20.2 Å². The molecule has 1 atom stereocenters. The summed E-state index contributed by atoms with van der Waals surface area (Å²) >= 11 is 3.59. The molecular weight excluding hydrogens is 304 g/mol. The quantitative estimate of drug-likeness (QED) is 0.768. The van der Waals surface area contributed by atoms with E-state index in [1.807, 2.05) is 18.2 Å². The van der Waals surface area contributed by atoms with Crippen LogP contribution in [0.15, 0.2) is 22.7 Å². The van der Waals surface area contributed by atoms with Gasteiger partial charge in [-0.05, 0) is 36.2 Å². The number of methoxy groups -OCH3 is 1. The smallest absolute Gasteiger partial charge is 0.119 e. The molecule has 3 N–H and O–H groups in total. The lowest BCUT2D eigenvalue weighted by Crippen LogP contribution is -2.32. The fraction of sp³-hybridized carbons (Fsp3) is 0.600. The van der Waals surface area contributed by atoms with Crippen LogP contribution in [-0.4, -0.2) is 20.2 Å². The molecule has 0 heterocycles. The number of hydrogen-bond donors (Lipinski definition) is 2. The molecule has 0 saturated carbocycles. The highest BCUT2D eigenvalue weighted by molar-refractivity contribution is 9.10.